The lowest BCUT2D eigenvalue weighted by Gasteiger charge is -2.05. The van der Waals surface area contributed by atoms with Crippen molar-refractivity contribution in [2.45, 2.75) is 0 Å². The minimum atomic E-state index is -0.306. The summed E-state index contributed by atoms with van der Waals surface area (Å²) in [5.41, 5.74) is 8.09. The number of anilines is 1. The smallest absolute Gasteiger partial charge is 0.355 e. The van der Waals surface area contributed by atoms with E-state index in [1.54, 1.807) is 25.4 Å². The van der Waals surface area contributed by atoms with E-state index in [1.165, 1.54) is 9.08 Å². The van der Waals surface area contributed by atoms with Crippen molar-refractivity contribution in [2.75, 3.05) is 12.8 Å². The number of nitrogen functional groups attached to an aromatic ring is 1. The molecule has 124 valence electrons. The van der Waals surface area contributed by atoms with Gasteiger partial charge < -0.3 is 10.5 Å². The summed E-state index contributed by atoms with van der Waals surface area (Å²) >= 11 is 0. The van der Waals surface area contributed by atoms with Crippen LogP contribution in [0, 0.1) is 0 Å². The van der Waals surface area contributed by atoms with E-state index in [9.17, 15) is 4.79 Å². The number of aromatic nitrogens is 4. The van der Waals surface area contributed by atoms with Crippen LogP contribution in [0.5, 0.6) is 5.75 Å². The van der Waals surface area contributed by atoms with Crippen LogP contribution in [0.25, 0.3) is 22.6 Å². The van der Waals surface area contributed by atoms with Crippen LogP contribution in [0.1, 0.15) is 0 Å². The molecule has 2 N–H and O–H groups in total. The molecule has 25 heavy (non-hydrogen) atoms. The average Bonchev–Trinajstić information content (AvgIpc) is 3.00. The molecule has 0 bridgehead atoms. The van der Waals surface area contributed by atoms with E-state index < -0.39 is 0 Å². The lowest BCUT2D eigenvalue weighted by Crippen LogP contribution is -2.19. The molecule has 0 amide bonds. The van der Waals surface area contributed by atoms with Crippen molar-refractivity contribution in [1.82, 2.24) is 19.2 Å². The fourth-order valence-electron chi connectivity index (χ4n) is 2.66. The van der Waals surface area contributed by atoms with Gasteiger partial charge >= 0.3 is 5.69 Å². The Morgan fingerprint density at radius 1 is 1.08 bits per heavy atom. The number of benzene rings is 2. The standard InChI is InChI=1S/C18H15N5O2/c1-25-14-9-5-6-12(10-14)15-11-22-17(16(19)20-15)21-23(18(22)24)13-7-3-2-4-8-13/h2-11H,1H3,(H2,19,20). The van der Waals surface area contributed by atoms with Crippen LogP contribution in [-0.2, 0) is 0 Å². The van der Waals surface area contributed by atoms with Crippen LogP contribution in [0.3, 0.4) is 0 Å². The molecule has 4 rings (SSSR count). The number of ether oxygens (including phenoxy) is 1. The van der Waals surface area contributed by atoms with E-state index in [1.807, 2.05) is 42.5 Å². The van der Waals surface area contributed by atoms with Crippen molar-refractivity contribution >= 4 is 11.5 Å². The first kappa shape index (κ1) is 14.9. The van der Waals surface area contributed by atoms with Gasteiger partial charge in [0.2, 0.25) is 5.65 Å². The lowest BCUT2D eigenvalue weighted by atomic mass is 10.1. The Morgan fingerprint density at radius 2 is 1.88 bits per heavy atom. The molecule has 0 saturated carbocycles. The lowest BCUT2D eigenvalue weighted by molar-refractivity contribution is 0.415. The number of hydrogen-bond acceptors (Lipinski definition) is 5. The molecule has 0 radical (unpaired) electrons. The largest absolute Gasteiger partial charge is 0.497 e. The topological polar surface area (TPSA) is 87.4 Å². The predicted molar refractivity (Wildman–Crippen MR) is 95.0 cm³/mol. The van der Waals surface area contributed by atoms with Gasteiger partial charge in [-0.1, -0.05) is 30.3 Å². The Hall–Kier alpha value is -3.61. The Kier molecular flexibility index (Phi) is 3.46. The maximum atomic E-state index is 12.7. The second-order valence-corrected chi connectivity index (χ2v) is 5.47. The van der Waals surface area contributed by atoms with Gasteiger partial charge in [0.1, 0.15) is 5.75 Å². The minimum absolute atomic E-state index is 0.187. The molecule has 0 aliphatic carbocycles. The maximum absolute atomic E-state index is 12.7. The van der Waals surface area contributed by atoms with Gasteiger partial charge in [-0.15, -0.1) is 5.10 Å². The highest BCUT2D eigenvalue weighted by molar-refractivity contribution is 5.68. The van der Waals surface area contributed by atoms with Gasteiger partial charge in [-0.2, -0.15) is 4.68 Å². The monoisotopic (exact) mass is 333 g/mol. The van der Waals surface area contributed by atoms with Crippen molar-refractivity contribution in [2.24, 2.45) is 0 Å². The number of nitrogens with two attached hydrogens (primary N) is 1. The molecule has 2 aromatic heterocycles. The first-order valence-electron chi connectivity index (χ1n) is 7.65. The molecule has 0 unspecified atom stereocenters. The van der Waals surface area contributed by atoms with Gasteiger partial charge in [0.25, 0.3) is 0 Å². The third-order valence-electron chi connectivity index (χ3n) is 3.90. The van der Waals surface area contributed by atoms with Gasteiger partial charge in [0.15, 0.2) is 5.82 Å². The number of hydrogen-bond donors (Lipinski definition) is 1. The third-order valence-corrected chi connectivity index (χ3v) is 3.90. The Labute approximate surface area is 142 Å². The summed E-state index contributed by atoms with van der Waals surface area (Å²) in [6, 6.07) is 16.6. The van der Waals surface area contributed by atoms with Crippen molar-refractivity contribution in [1.29, 1.82) is 0 Å². The molecule has 7 heteroatoms. The molecule has 0 atom stereocenters. The minimum Gasteiger partial charge on any atom is -0.497 e. The highest BCUT2D eigenvalue weighted by Gasteiger charge is 2.14. The van der Waals surface area contributed by atoms with Crippen LogP contribution in [-0.4, -0.2) is 26.3 Å². The van der Waals surface area contributed by atoms with E-state index in [2.05, 4.69) is 10.1 Å². The zero-order valence-electron chi connectivity index (χ0n) is 13.5. The quantitative estimate of drug-likeness (QED) is 0.620. The van der Waals surface area contributed by atoms with Gasteiger partial charge in [-0.05, 0) is 24.3 Å². The third kappa shape index (κ3) is 2.51. The zero-order chi connectivity index (χ0) is 17.4. The number of nitrogens with zero attached hydrogens (tertiary/aromatic N) is 4. The van der Waals surface area contributed by atoms with Crippen LogP contribution in [0.4, 0.5) is 5.82 Å². The van der Waals surface area contributed by atoms with E-state index in [4.69, 9.17) is 10.5 Å². The molecule has 0 saturated heterocycles. The number of para-hydroxylation sites is 1. The van der Waals surface area contributed by atoms with Crippen molar-refractivity contribution in [3.8, 4) is 22.7 Å². The summed E-state index contributed by atoms with van der Waals surface area (Å²) in [4.78, 5) is 17.1. The fourth-order valence-corrected chi connectivity index (χ4v) is 2.66. The molecule has 2 aromatic carbocycles. The second-order valence-electron chi connectivity index (χ2n) is 5.47. The second kappa shape index (κ2) is 5.79. The van der Waals surface area contributed by atoms with E-state index in [0.29, 0.717) is 22.8 Å². The number of fused-ring (bicyclic) bond motifs is 1. The SMILES string of the molecule is COc1cccc(-c2cn3c(=O)n(-c4ccccc4)nc3c(N)n2)c1. The van der Waals surface area contributed by atoms with Gasteiger partial charge in [0, 0.05) is 11.8 Å². The van der Waals surface area contributed by atoms with Crippen LogP contribution >= 0.6 is 0 Å². The van der Waals surface area contributed by atoms with Crippen molar-refractivity contribution in [3.63, 3.8) is 0 Å². The molecular weight excluding hydrogens is 318 g/mol. The van der Waals surface area contributed by atoms with Gasteiger partial charge in [-0.25, -0.2) is 14.2 Å². The summed E-state index contributed by atoms with van der Waals surface area (Å²) in [5.74, 6) is 0.886. The molecule has 0 fully saturated rings. The zero-order valence-corrected chi connectivity index (χ0v) is 13.5. The molecule has 0 aliphatic heterocycles. The Balaban J connectivity index is 1.93. The summed E-state index contributed by atoms with van der Waals surface area (Å²) in [6.07, 6.45) is 1.63. The van der Waals surface area contributed by atoms with E-state index >= 15 is 0 Å². The van der Waals surface area contributed by atoms with Crippen molar-refractivity contribution in [3.05, 3.63) is 71.3 Å². The summed E-state index contributed by atoms with van der Waals surface area (Å²) in [6.45, 7) is 0. The molecule has 7 nitrogen and oxygen atoms in total. The predicted octanol–water partition coefficient (Wildman–Crippen LogP) is 2.14. The number of methoxy groups -OCH3 is 1. The first-order chi connectivity index (χ1) is 12.2. The maximum Gasteiger partial charge on any atom is 0.355 e. The molecule has 4 aromatic rings. The summed E-state index contributed by atoms with van der Waals surface area (Å²) < 4.78 is 7.95. The number of rotatable bonds is 3. The average molecular weight is 333 g/mol. The summed E-state index contributed by atoms with van der Waals surface area (Å²) in [5, 5.41) is 4.31. The van der Waals surface area contributed by atoms with Gasteiger partial charge in [-0.3, -0.25) is 0 Å². The highest BCUT2D eigenvalue weighted by atomic mass is 16.5. The molecule has 0 spiro atoms. The van der Waals surface area contributed by atoms with Gasteiger partial charge in [0.05, 0.1) is 18.5 Å². The summed E-state index contributed by atoms with van der Waals surface area (Å²) in [7, 11) is 1.60. The van der Waals surface area contributed by atoms with Crippen LogP contribution in [0.2, 0.25) is 0 Å². The Bertz CT molecular complexity index is 1120. The molecular formula is C18H15N5O2. The first-order valence-corrected chi connectivity index (χ1v) is 7.65. The Morgan fingerprint density at radius 3 is 2.64 bits per heavy atom. The van der Waals surface area contributed by atoms with E-state index in [-0.39, 0.29) is 11.5 Å². The molecule has 0 aliphatic rings. The van der Waals surface area contributed by atoms with Crippen LogP contribution in [0.15, 0.2) is 65.6 Å². The van der Waals surface area contributed by atoms with Crippen molar-refractivity contribution < 1.29 is 4.74 Å². The van der Waals surface area contributed by atoms with Crippen LogP contribution < -0.4 is 16.2 Å². The highest BCUT2D eigenvalue weighted by Crippen LogP contribution is 2.23. The fraction of sp³-hybridized carbons (Fsp3) is 0.0556. The normalized spacial score (nSPS) is 10.9. The molecule has 2 heterocycles. The van der Waals surface area contributed by atoms with E-state index in [0.717, 1.165) is 5.56 Å².